The van der Waals surface area contributed by atoms with Crippen LogP contribution in [0.2, 0.25) is 5.02 Å². The molecule has 4 aromatic rings. The normalized spacial score (nSPS) is 15.1. The third kappa shape index (κ3) is 9.60. The maximum absolute atomic E-state index is 11.2. The summed E-state index contributed by atoms with van der Waals surface area (Å²) in [6.07, 6.45) is 5.78. The standard InChI is InChI=1S/C41H49ClN4O5/c1-29-33(9-4-10-35(29)36-11-5-12-38(30(36)2)49-19-7-17-46-18-13-41(26-46)27-48-28-41)25-51-40-21-39(50-24-32-8-6-14-43-22-32)34(20-37(40)42)23-44-15-16-45-31(3)47/h4-6,8-12,14,20-22,44H,7,13,15-19,23-28H2,1-3H3,(H,45,47). The number of aromatic nitrogens is 1. The maximum Gasteiger partial charge on any atom is 0.216 e. The van der Waals surface area contributed by atoms with Crippen LogP contribution in [0.4, 0.5) is 0 Å². The molecule has 0 bridgehead atoms. The molecule has 3 heterocycles. The number of hydrogen-bond donors (Lipinski definition) is 2. The summed E-state index contributed by atoms with van der Waals surface area (Å²) >= 11 is 6.79. The van der Waals surface area contributed by atoms with Gasteiger partial charge in [0.05, 0.1) is 24.8 Å². The first-order valence-corrected chi connectivity index (χ1v) is 18.2. The lowest BCUT2D eigenvalue weighted by atomic mass is 9.85. The zero-order valence-electron chi connectivity index (χ0n) is 29.9. The molecule has 1 spiro atoms. The molecule has 0 radical (unpaired) electrons. The number of benzene rings is 3. The second-order valence-corrected chi connectivity index (χ2v) is 14.1. The van der Waals surface area contributed by atoms with Crippen molar-refractivity contribution in [2.75, 3.05) is 52.5 Å². The van der Waals surface area contributed by atoms with Gasteiger partial charge in [-0.3, -0.25) is 9.78 Å². The van der Waals surface area contributed by atoms with Crippen LogP contribution in [-0.4, -0.2) is 68.3 Å². The van der Waals surface area contributed by atoms with Crippen LogP contribution in [0.1, 0.15) is 47.6 Å². The predicted octanol–water partition coefficient (Wildman–Crippen LogP) is 6.89. The molecule has 270 valence electrons. The summed E-state index contributed by atoms with van der Waals surface area (Å²) in [5, 5.41) is 6.65. The van der Waals surface area contributed by atoms with Crippen LogP contribution >= 0.6 is 11.6 Å². The van der Waals surface area contributed by atoms with Gasteiger partial charge in [0.2, 0.25) is 5.91 Å². The molecular weight excluding hydrogens is 664 g/mol. The molecule has 0 unspecified atom stereocenters. The molecular formula is C41H49ClN4O5. The van der Waals surface area contributed by atoms with Crippen LogP contribution in [0.5, 0.6) is 17.2 Å². The van der Waals surface area contributed by atoms with Crippen molar-refractivity contribution in [2.45, 2.75) is 53.4 Å². The fraction of sp³-hybridized carbons (Fsp3) is 0.415. The highest BCUT2D eigenvalue weighted by Crippen LogP contribution is 2.38. The number of pyridine rings is 1. The zero-order chi connectivity index (χ0) is 35.6. The van der Waals surface area contributed by atoms with E-state index in [0.717, 1.165) is 84.0 Å². The fourth-order valence-corrected chi connectivity index (χ4v) is 7.06. The summed E-state index contributed by atoms with van der Waals surface area (Å²) in [4.78, 5) is 18.0. The number of carbonyl (C=O) groups is 1. The smallest absolute Gasteiger partial charge is 0.216 e. The number of nitrogens with one attached hydrogen (secondary N) is 2. The Morgan fingerprint density at radius 3 is 2.47 bits per heavy atom. The quantitative estimate of drug-likeness (QED) is 0.114. The van der Waals surface area contributed by atoms with E-state index in [9.17, 15) is 4.79 Å². The fourth-order valence-electron chi connectivity index (χ4n) is 6.82. The number of halogens is 1. The second-order valence-electron chi connectivity index (χ2n) is 13.7. The molecule has 2 fully saturated rings. The number of carbonyl (C=O) groups excluding carboxylic acids is 1. The first-order chi connectivity index (χ1) is 24.8. The largest absolute Gasteiger partial charge is 0.493 e. The average molecular weight is 713 g/mol. The lowest BCUT2D eigenvalue weighted by Crippen LogP contribution is -2.44. The molecule has 10 heteroatoms. The number of amides is 1. The average Bonchev–Trinajstić information content (AvgIpc) is 3.56. The third-order valence-electron chi connectivity index (χ3n) is 9.84. The van der Waals surface area contributed by atoms with E-state index in [4.69, 9.17) is 30.5 Å². The van der Waals surface area contributed by atoms with E-state index in [1.807, 2.05) is 24.3 Å². The molecule has 0 saturated carbocycles. The molecule has 2 saturated heterocycles. The van der Waals surface area contributed by atoms with E-state index in [1.54, 1.807) is 12.4 Å². The van der Waals surface area contributed by atoms with E-state index < -0.39 is 0 Å². The van der Waals surface area contributed by atoms with Crippen LogP contribution in [0.25, 0.3) is 11.1 Å². The van der Waals surface area contributed by atoms with Gasteiger partial charge in [-0.15, -0.1) is 0 Å². The van der Waals surface area contributed by atoms with E-state index in [-0.39, 0.29) is 5.91 Å². The van der Waals surface area contributed by atoms with Crippen molar-refractivity contribution < 1.29 is 23.7 Å². The molecule has 1 amide bonds. The monoisotopic (exact) mass is 712 g/mol. The summed E-state index contributed by atoms with van der Waals surface area (Å²) in [5.74, 6) is 2.08. The van der Waals surface area contributed by atoms with E-state index in [1.165, 1.54) is 13.3 Å². The molecule has 9 nitrogen and oxygen atoms in total. The third-order valence-corrected chi connectivity index (χ3v) is 10.1. The Balaban J connectivity index is 1.10. The maximum atomic E-state index is 11.2. The molecule has 1 aromatic heterocycles. The molecule has 51 heavy (non-hydrogen) atoms. The lowest BCUT2D eigenvalue weighted by molar-refractivity contribution is -0.118. The minimum absolute atomic E-state index is 0.0582. The van der Waals surface area contributed by atoms with Gasteiger partial charge >= 0.3 is 0 Å². The van der Waals surface area contributed by atoms with Gasteiger partial charge in [0.1, 0.15) is 30.5 Å². The number of likely N-dealkylation sites (tertiary alicyclic amines) is 1. The summed E-state index contributed by atoms with van der Waals surface area (Å²) < 4.78 is 24.4. The van der Waals surface area contributed by atoms with Gasteiger partial charge in [-0.1, -0.05) is 48.0 Å². The second kappa shape index (κ2) is 17.4. The van der Waals surface area contributed by atoms with Gasteiger partial charge < -0.3 is 34.5 Å². The van der Waals surface area contributed by atoms with Crippen LogP contribution in [0.3, 0.4) is 0 Å². The van der Waals surface area contributed by atoms with E-state index in [0.29, 0.717) is 61.4 Å². The van der Waals surface area contributed by atoms with Gasteiger partial charge in [0.15, 0.2) is 0 Å². The Kier molecular flexibility index (Phi) is 12.5. The summed E-state index contributed by atoms with van der Waals surface area (Å²) in [7, 11) is 0. The van der Waals surface area contributed by atoms with Crippen molar-refractivity contribution in [1.82, 2.24) is 20.5 Å². The Morgan fingerprint density at radius 1 is 0.922 bits per heavy atom. The molecule has 2 N–H and O–H groups in total. The Morgan fingerprint density at radius 2 is 1.73 bits per heavy atom. The lowest BCUT2D eigenvalue weighted by Gasteiger charge is -2.37. The number of rotatable bonds is 17. The predicted molar refractivity (Wildman–Crippen MR) is 201 cm³/mol. The topological polar surface area (TPSA) is 94.2 Å². The molecule has 0 aliphatic carbocycles. The molecule has 3 aromatic carbocycles. The SMILES string of the molecule is CC(=O)NCCNCc1cc(Cl)c(OCc2cccc(-c3cccc(OCCCN4CCC5(COC5)C4)c3C)c2C)cc1OCc1cccnc1. The highest BCUT2D eigenvalue weighted by Gasteiger charge is 2.43. The van der Waals surface area contributed by atoms with Crippen molar-refractivity contribution in [2.24, 2.45) is 5.41 Å². The highest BCUT2D eigenvalue weighted by molar-refractivity contribution is 6.32. The number of ether oxygens (including phenoxy) is 4. The van der Waals surface area contributed by atoms with Crippen molar-refractivity contribution in [3.8, 4) is 28.4 Å². The molecule has 2 aliphatic rings. The number of nitrogens with zero attached hydrogens (tertiary/aromatic N) is 2. The first kappa shape index (κ1) is 36.6. The highest BCUT2D eigenvalue weighted by atomic mass is 35.5. The van der Waals surface area contributed by atoms with Crippen molar-refractivity contribution in [1.29, 1.82) is 0 Å². The molecule has 0 atom stereocenters. The van der Waals surface area contributed by atoms with Gasteiger partial charge in [0, 0.05) is 74.6 Å². The van der Waals surface area contributed by atoms with Gasteiger partial charge in [-0.25, -0.2) is 0 Å². The minimum Gasteiger partial charge on any atom is -0.493 e. The van der Waals surface area contributed by atoms with Gasteiger partial charge in [-0.05, 0) is 79.3 Å². The van der Waals surface area contributed by atoms with Crippen molar-refractivity contribution >= 4 is 17.5 Å². The first-order valence-electron chi connectivity index (χ1n) is 17.8. The minimum atomic E-state index is -0.0582. The Bertz CT molecular complexity index is 1780. The Labute approximate surface area is 306 Å². The van der Waals surface area contributed by atoms with Crippen molar-refractivity contribution in [3.63, 3.8) is 0 Å². The van der Waals surface area contributed by atoms with Gasteiger partial charge in [0.25, 0.3) is 0 Å². The van der Waals surface area contributed by atoms with Gasteiger partial charge in [-0.2, -0.15) is 0 Å². The van der Waals surface area contributed by atoms with Crippen molar-refractivity contribution in [3.05, 3.63) is 106 Å². The summed E-state index contributed by atoms with van der Waals surface area (Å²) in [5.41, 5.74) is 7.91. The zero-order valence-corrected chi connectivity index (χ0v) is 30.7. The van der Waals surface area contributed by atoms with Crippen LogP contribution < -0.4 is 24.8 Å². The van der Waals surface area contributed by atoms with Crippen LogP contribution in [-0.2, 0) is 29.3 Å². The summed E-state index contributed by atoms with van der Waals surface area (Å²) in [6.45, 7) is 14.0. The van der Waals surface area contributed by atoms with Crippen LogP contribution in [0.15, 0.2) is 73.1 Å². The Hall–Kier alpha value is -4.15. The molecule has 2 aliphatic heterocycles. The number of hydrogen-bond acceptors (Lipinski definition) is 8. The summed E-state index contributed by atoms with van der Waals surface area (Å²) in [6, 6.07) is 20.2. The van der Waals surface area contributed by atoms with E-state index in [2.05, 4.69) is 70.8 Å². The molecule has 6 rings (SSSR count). The van der Waals surface area contributed by atoms with E-state index >= 15 is 0 Å². The van der Waals surface area contributed by atoms with Crippen LogP contribution in [0, 0.1) is 19.3 Å².